The lowest BCUT2D eigenvalue weighted by Gasteiger charge is -2.28. The van der Waals surface area contributed by atoms with Gasteiger partial charge in [0, 0.05) is 42.1 Å². The molecule has 1 aliphatic rings. The molecule has 0 bridgehead atoms. The number of hydrogen-bond donors (Lipinski definition) is 0. The van der Waals surface area contributed by atoms with E-state index in [9.17, 15) is 4.21 Å². The summed E-state index contributed by atoms with van der Waals surface area (Å²) in [6.45, 7) is 3.71. The lowest BCUT2D eigenvalue weighted by atomic mass is 10.0. The molecule has 0 heterocycles. The Morgan fingerprint density at radius 2 is 2.05 bits per heavy atom. The van der Waals surface area contributed by atoms with Crippen LogP contribution in [0.1, 0.15) is 38.5 Å². The van der Waals surface area contributed by atoms with Crippen LogP contribution in [0.15, 0.2) is 12.2 Å². The molecule has 0 spiro atoms. The summed E-state index contributed by atoms with van der Waals surface area (Å²) >= 11 is 5.39. The lowest BCUT2D eigenvalue weighted by molar-refractivity contribution is 0.502. The minimum Gasteiger partial charge on any atom is -0.371 e. The molecular formula is C14H22N2OS2. The number of nitriles is 1. The first-order chi connectivity index (χ1) is 8.97. The molecule has 1 fully saturated rings. The summed E-state index contributed by atoms with van der Waals surface area (Å²) in [7, 11) is 2.72. The average molecular weight is 298 g/mol. The third-order valence-electron chi connectivity index (χ3n) is 3.47. The maximum Gasteiger partial charge on any atom is 0.0941 e. The zero-order valence-electron chi connectivity index (χ0n) is 11.7. The molecule has 106 valence electrons. The van der Waals surface area contributed by atoms with Gasteiger partial charge in [0.25, 0.3) is 0 Å². The molecule has 1 saturated carbocycles. The van der Waals surface area contributed by atoms with E-state index < -0.39 is 10.8 Å². The molecule has 0 amide bonds. The Hall–Kier alpha value is -0.730. The van der Waals surface area contributed by atoms with Crippen molar-refractivity contribution in [1.82, 2.24) is 4.90 Å². The molecule has 0 aliphatic heterocycles. The molecule has 0 N–H and O–H groups in total. The second-order valence-corrected chi connectivity index (χ2v) is 7.54. The molecule has 19 heavy (non-hydrogen) atoms. The SMILES string of the molecule is C=C(C#N)C[C@@H](C(=S)N(C)C)[S@@](=O)C1CCCCC1. The molecular weight excluding hydrogens is 276 g/mol. The summed E-state index contributed by atoms with van der Waals surface area (Å²) in [6.07, 6.45) is 5.97. The highest BCUT2D eigenvalue weighted by atomic mass is 32.2. The van der Waals surface area contributed by atoms with Gasteiger partial charge in [-0.2, -0.15) is 5.26 Å². The van der Waals surface area contributed by atoms with Gasteiger partial charge in [-0.25, -0.2) is 0 Å². The van der Waals surface area contributed by atoms with Crippen molar-refractivity contribution in [2.75, 3.05) is 14.1 Å². The van der Waals surface area contributed by atoms with Crippen LogP contribution in [0.5, 0.6) is 0 Å². The van der Waals surface area contributed by atoms with Crippen LogP contribution in [0.25, 0.3) is 0 Å². The van der Waals surface area contributed by atoms with Crippen LogP contribution in [0.4, 0.5) is 0 Å². The summed E-state index contributed by atoms with van der Waals surface area (Å²) in [5, 5.41) is 8.87. The second-order valence-electron chi connectivity index (χ2n) is 5.23. The molecule has 0 saturated heterocycles. The number of allylic oxidation sites excluding steroid dienone is 1. The zero-order valence-corrected chi connectivity index (χ0v) is 13.4. The second kappa shape index (κ2) is 7.76. The molecule has 0 aromatic carbocycles. The smallest absolute Gasteiger partial charge is 0.0941 e. The molecule has 0 aromatic rings. The maximum absolute atomic E-state index is 12.7. The Kier molecular flexibility index (Phi) is 6.67. The fourth-order valence-corrected chi connectivity index (χ4v) is 4.76. The van der Waals surface area contributed by atoms with Crippen molar-refractivity contribution >= 4 is 28.0 Å². The minimum atomic E-state index is -1.01. The summed E-state index contributed by atoms with van der Waals surface area (Å²) < 4.78 is 12.7. The fourth-order valence-electron chi connectivity index (χ4n) is 2.36. The van der Waals surface area contributed by atoms with Gasteiger partial charge in [0.15, 0.2) is 0 Å². The fraction of sp³-hybridized carbons (Fsp3) is 0.714. The van der Waals surface area contributed by atoms with Crippen molar-refractivity contribution in [1.29, 1.82) is 5.26 Å². The molecule has 0 unspecified atom stereocenters. The summed E-state index contributed by atoms with van der Waals surface area (Å²) in [4.78, 5) is 2.49. The predicted molar refractivity (Wildman–Crippen MR) is 84.5 cm³/mol. The number of rotatable bonds is 5. The Bertz CT molecular complexity index is 406. The van der Waals surface area contributed by atoms with Crippen molar-refractivity contribution in [2.45, 2.75) is 49.0 Å². The van der Waals surface area contributed by atoms with E-state index in [1.807, 2.05) is 25.1 Å². The highest BCUT2D eigenvalue weighted by molar-refractivity contribution is 7.90. The van der Waals surface area contributed by atoms with E-state index in [-0.39, 0.29) is 10.5 Å². The van der Waals surface area contributed by atoms with Gasteiger partial charge in [0.1, 0.15) is 0 Å². The lowest BCUT2D eigenvalue weighted by Crippen LogP contribution is -2.39. The van der Waals surface area contributed by atoms with E-state index in [2.05, 4.69) is 6.58 Å². The summed E-state index contributed by atoms with van der Waals surface area (Å²) in [6, 6.07) is 2.04. The molecule has 1 rings (SSSR count). The zero-order chi connectivity index (χ0) is 14.4. The average Bonchev–Trinajstić information content (AvgIpc) is 2.43. The van der Waals surface area contributed by atoms with E-state index in [1.54, 1.807) is 0 Å². The monoisotopic (exact) mass is 298 g/mol. The normalized spacial score (nSPS) is 19.2. The van der Waals surface area contributed by atoms with Gasteiger partial charge in [0.05, 0.1) is 16.3 Å². The van der Waals surface area contributed by atoms with Crippen molar-refractivity contribution in [3.63, 3.8) is 0 Å². The Morgan fingerprint density at radius 3 is 2.53 bits per heavy atom. The van der Waals surface area contributed by atoms with Gasteiger partial charge in [-0.15, -0.1) is 0 Å². The number of nitrogens with zero attached hydrogens (tertiary/aromatic N) is 2. The van der Waals surface area contributed by atoms with Crippen LogP contribution >= 0.6 is 12.2 Å². The van der Waals surface area contributed by atoms with Gasteiger partial charge in [0.2, 0.25) is 0 Å². The maximum atomic E-state index is 12.7. The topological polar surface area (TPSA) is 44.1 Å². The van der Waals surface area contributed by atoms with Gasteiger partial charge >= 0.3 is 0 Å². The molecule has 5 heteroatoms. The minimum absolute atomic E-state index is 0.225. The van der Waals surface area contributed by atoms with E-state index >= 15 is 0 Å². The van der Waals surface area contributed by atoms with Crippen molar-refractivity contribution in [3.8, 4) is 6.07 Å². The quantitative estimate of drug-likeness (QED) is 0.578. The third-order valence-corrected chi connectivity index (χ3v) is 6.35. The van der Waals surface area contributed by atoms with Crippen molar-refractivity contribution in [3.05, 3.63) is 12.2 Å². The van der Waals surface area contributed by atoms with Crippen LogP contribution in [-0.2, 0) is 10.8 Å². The highest BCUT2D eigenvalue weighted by Gasteiger charge is 2.30. The van der Waals surface area contributed by atoms with Crippen LogP contribution in [0.2, 0.25) is 0 Å². The highest BCUT2D eigenvalue weighted by Crippen LogP contribution is 2.26. The van der Waals surface area contributed by atoms with E-state index in [0.29, 0.717) is 17.0 Å². The number of hydrogen-bond acceptors (Lipinski definition) is 3. The Morgan fingerprint density at radius 1 is 1.47 bits per heavy atom. The van der Waals surface area contributed by atoms with Crippen LogP contribution < -0.4 is 0 Å². The van der Waals surface area contributed by atoms with Gasteiger partial charge in [-0.1, -0.05) is 38.1 Å². The van der Waals surface area contributed by atoms with E-state index in [0.717, 1.165) is 25.7 Å². The largest absolute Gasteiger partial charge is 0.371 e. The van der Waals surface area contributed by atoms with Crippen molar-refractivity contribution in [2.24, 2.45) is 0 Å². The Balaban J connectivity index is 2.82. The van der Waals surface area contributed by atoms with Gasteiger partial charge < -0.3 is 4.90 Å². The third kappa shape index (κ3) is 4.70. The molecule has 1 aliphatic carbocycles. The predicted octanol–water partition coefficient (Wildman–Crippen LogP) is 2.80. The molecule has 0 radical (unpaired) electrons. The van der Waals surface area contributed by atoms with Crippen LogP contribution in [0, 0.1) is 11.3 Å². The summed E-state index contributed by atoms with van der Waals surface area (Å²) in [5.41, 5.74) is 0.457. The number of thiocarbonyl (C=S) groups is 1. The van der Waals surface area contributed by atoms with Crippen LogP contribution in [0.3, 0.4) is 0 Å². The first-order valence-electron chi connectivity index (χ1n) is 6.65. The van der Waals surface area contributed by atoms with E-state index in [1.165, 1.54) is 6.42 Å². The first kappa shape index (κ1) is 16.3. The molecule has 0 aromatic heterocycles. The van der Waals surface area contributed by atoms with Gasteiger partial charge in [-0.05, 0) is 12.8 Å². The first-order valence-corrected chi connectivity index (χ1v) is 8.34. The van der Waals surface area contributed by atoms with E-state index in [4.69, 9.17) is 17.5 Å². The molecule has 3 nitrogen and oxygen atoms in total. The summed E-state index contributed by atoms with van der Waals surface area (Å²) in [5.74, 6) is 0. The standard InChI is InChI=1S/C14H22N2OS2/c1-11(10-15)9-13(14(18)16(2)3)19(17)12-7-5-4-6-8-12/h12-13H,1,4-9H2,2-3H3/t13-,19-/m0/s1. The van der Waals surface area contributed by atoms with Gasteiger partial charge in [-0.3, -0.25) is 4.21 Å². The molecule has 2 atom stereocenters. The Labute approximate surface area is 124 Å². The van der Waals surface area contributed by atoms with Crippen molar-refractivity contribution < 1.29 is 4.21 Å². The van der Waals surface area contributed by atoms with Crippen LogP contribution in [-0.4, -0.2) is 38.7 Å².